The Hall–Kier alpha value is -2.61. The Morgan fingerprint density at radius 2 is 1.74 bits per heavy atom. The predicted molar refractivity (Wildman–Crippen MR) is 107 cm³/mol. The zero-order valence-electron chi connectivity index (χ0n) is 14.0. The standard InChI is InChI=1S/C18H13Cl2N3O3S/c1-26-12-5-2-10(3-6-12)16(24)23-18-22-15(9-27-18)17(25)21-11-4-7-13(19)14(20)8-11/h2-9H,1H3,(H,21,25)(H,22,23,24). The average molecular weight is 422 g/mol. The van der Waals surface area contributed by atoms with Gasteiger partial charge in [0.2, 0.25) is 0 Å². The largest absolute Gasteiger partial charge is 0.497 e. The number of methoxy groups -OCH3 is 1. The number of nitrogens with zero attached hydrogens (tertiary/aromatic N) is 1. The summed E-state index contributed by atoms with van der Waals surface area (Å²) in [4.78, 5) is 28.7. The van der Waals surface area contributed by atoms with Crippen LogP contribution >= 0.6 is 34.5 Å². The van der Waals surface area contributed by atoms with Crippen molar-refractivity contribution in [2.45, 2.75) is 0 Å². The number of nitrogens with one attached hydrogen (secondary N) is 2. The highest BCUT2D eigenvalue weighted by molar-refractivity contribution is 7.14. The lowest BCUT2D eigenvalue weighted by Gasteiger charge is -2.05. The van der Waals surface area contributed by atoms with Gasteiger partial charge in [0, 0.05) is 16.6 Å². The van der Waals surface area contributed by atoms with Crippen molar-refractivity contribution in [3.63, 3.8) is 0 Å². The second-order valence-corrected chi connectivity index (χ2v) is 6.98. The van der Waals surface area contributed by atoms with Crippen LogP contribution in [0.1, 0.15) is 20.8 Å². The number of aromatic nitrogens is 1. The highest BCUT2D eigenvalue weighted by Crippen LogP contribution is 2.25. The van der Waals surface area contributed by atoms with Gasteiger partial charge in [-0.3, -0.25) is 14.9 Å². The van der Waals surface area contributed by atoms with Crippen molar-refractivity contribution in [3.05, 3.63) is 69.1 Å². The third-order valence-electron chi connectivity index (χ3n) is 3.49. The van der Waals surface area contributed by atoms with E-state index in [0.717, 1.165) is 11.3 Å². The van der Waals surface area contributed by atoms with Crippen LogP contribution in [0.4, 0.5) is 10.8 Å². The van der Waals surface area contributed by atoms with E-state index >= 15 is 0 Å². The Bertz CT molecular complexity index is 990. The van der Waals surface area contributed by atoms with Gasteiger partial charge < -0.3 is 10.1 Å². The second kappa shape index (κ2) is 8.39. The third kappa shape index (κ3) is 4.77. The number of anilines is 2. The van der Waals surface area contributed by atoms with E-state index in [9.17, 15) is 9.59 Å². The van der Waals surface area contributed by atoms with Crippen LogP contribution in [-0.2, 0) is 0 Å². The van der Waals surface area contributed by atoms with Gasteiger partial charge in [0.15, 0.2) is 5.13 Å². The smallest absolute Gasteiger partial charge is 0.275 e. The lowest BCUT2D eigenvalue weighted by molar-refractivity contribution is 0.101. The summed E-state index contributed by atoms with van der Waals surface area (Å²) in [6.45, 7) is 0. The fourth-order valence-corrected chi connectivity index (χ4v) is 3.10. The Kier molecular flexibility index (Phi) is 5.95. The number of rotatable bonds is 5. The van der Waals surface area contributed by atoms with Crippen LogP contribution < -0.4 is 15.4 Å². The van der Waals surface area contributed by atoms with Crippen molar-refractivity contribution in [1.82, 2.24) is 4.98 Å². The van der Waals surface area contributed by atoms with Crippen molar-refractivity contribution in [3.8, 4) is 5.75 Å². The molecule has 0 aliphatic rings. The number of amides is 2. The van der Waals surface area contributed by atoms with E-state index in [1.165, 1.54) is 0 Å². The number of carbonyl (C=O) groups excluding carboxylic acids is 2. The number of halogens is 2. The number of ether oxygens (including phenoxy) is 1. The highest BCUT2D eigenvalue weighted by atomic mass is 35.5. The van der Waals surface area contributed by atoms with E-state index in [-0.39, 0.29) is 11.6 Å². The van der Waals surface area contributed by atoms with Crippen LogP contribution in [0.2, 0.25) is 10.0 Å². The molecule has 1 heterocycles. The number of benzene rings is 2. The van der Waals surface area contributed by atoms with E-state index in [1.54, 1.807) is 55.0 Å². The molecule has 0 fully saturated rings. The minimum absolute atomic E-state index is 0.177. The average Bonchev–Trinajstić information content (AvgIpc) is 3.13. The van der Waals surface area contributed by atoms with Gasteiger partial charge in [-0.05, 0) is 42.5 Å². The van der Waals surface area contributed by atoms with Crippen molar-refractivity contribution < 1.29 is 14.3 Å². The summed E-state index contributed by atoms with van der Waals surface area (Å²) in [5, 5.41) is 7.93. The van der Waals surface area contributed by atoms with Crippen LogP contribution in [0, 0.1) is 0 Å². The summed E-state index contributed by atoms with van der Waals surface area (Å²) >= 11 is 12.9. The molecule has 27 heavy (non-hydrogen) atoms. The molecule has 2 N–H and O–H groups in total. The summed E-state index contributed by atoms with van der Waals surface area (Å²) in [7, 11) is 1.55. The van der Waals surface area contributed by atoms with Crippen molar-refractivity contribution in [2.24, 2.45) is 0 Å². The molecule has 9 heteroatoms. The Labute approximate surface area is 169 Å². The molecule has 3 aromatic rings. The minimum atomic E-state index is -0.422. The molecule has 0 aliphatic carbocycles. The number of thiazole rings is 1. The van der Waals surface area contributed by atoms with Gasteiger partial charge in [0.1, 0.15) is 11.4 Å². The predicted octanol–water partition coefficient (Wildman–Crippen LogP) is 4.96. The molecule has 2 aromatic carbocycles. The Morgan fingerprint density at radius 3 is 2.41 bits per heavy atom. The maximum atomic E-state index is 12.3. The van der Waals surface area contributed by atoms with Crippen LogP contribution in [0.3, 0.4) is 0 Å². The molecule has 0 saturated heterocycles. The van der Waals surface area contributed by atoms with Crippen molar-refractivity contribution in [2.75, 3.05) is 17.7 Å². The van der Waals surface area contributed by atoms with E-state index in [4.69, 9.17) is 27.9 Å². The number of hydrogen-bond donors (Lipinski definition) is 2. The van der Waals surface area contributed by atoms with Crippen molar-refractivity contribution in [1.29, 1.82) is 0 Å². The minimum Gasteiger partial charge on any atom is -0.497 e. The van der Waals surface area contributed by atoms with E-state index < -0.39 is 5.91 Å². The van der Waals surface area contributed by atoms with E-state index in [2.05, 4.69) is 15.6 Å². The molecule has 0 spiro atoms. The first-order valence-electron chi connectivity index (χ1n) is 7.63. The quantitative estimate of drug-likeness (QED) is 0.609. The van der Waals surface area contributed by atoms with Gasteiger partial charge in [0.25, 0.3) is 11.8 Å². The van der Waals surface area contributed by atoms with Gasteiger partial charge in [-0.1, -0.05) is 23.2 Å². The van der Waals surface area contributed by atoms with Crippen LogP contribution in [0.5, 0.6) is 5.75 Å². The molecule has 2 amide bonds. The topological polar surface area (TPSA) is 80.3 Å². The summed E-state index contributed by atoms with van der Waals surface area (Å²) in [6.07, 6.45) is 0. The van der Waals surface area contributed by atoms with Gasteiger partial charge >= 0.3 is 0 Å². The van der Waals surface area contributed by atoms with Gasteiger partial charge in [0.05, 0.1) is 17.2 Å². The lowest BCUT2D eigenvalue weighted by atomic mass is 10.2. The molecular weight excluding hydrogens is 409 g/mol. The number of hydrogen-bond acceptors (Lipinski definition) is 5. The molecule has 138 valence electrons. The molecule has 0 unspecified atom stereocenters. The van der Waals surface area contributed by atoms with Crippen molar-refractivity contribution >= 4 is 57.2 Å². The van der Waals surface area contributed by atoms with Crippen LogP contribution in [0.25, 0.3) is 0 Å². The number of carbonyl (C=O) groups is 2. The first kappa shape index (κ1) is 19.2. The maximum absolute atomic E-state index is 12.3. The molecule has 1 aromatic heterocycles. The SMILES string of the molecule is COc1ccc(C(=O)Nc2nc(C(=O)Nc3ccc(Cl)c(Cl)c3)cs2)cc1. The molecule has 3 rings (SSSR count). The zero-order valence-corrected chi connectivity index (χ0v) is 16.3. The molecule has 0 radical (unpaired) electrons. The summed E-state index contributed by atoms with van der Waals surface area (Å²) < 4.78 is 5.06. The highest BCUT2D eigenvalue weighted by Gasteiger charge is 2.14. The monoisotopic (exact) mass is 421 g/mol. The van der Waals surface area contributed by atoms with Crippen LogP contribution in [0.15, 0.2) is 47.8 Å². The van der Waals surface area contributed by atoms with Gasteiger partial charge in [-0.25, -0.2) is 4.98 Å². The van der Waals surface area contributed by atoms with Crippen LogP contribution in [-0.4, -0.2) is 23.9 Å². The molecule has 6 nitrogen and oxygen atoms in total. The fraction of sp³-hybridized carbons (Fsp3) is 0.0556. The first-order valence-corrected chi connectivity index (χ1v) is 9.27. The molecule has 0 bridgehead atoms. The summed E-state index contributed by atoms with van der Waals surface area (Å²) in [6, 6.07) is 11.4. The van der Waals surface area contributed by atoms with Gasteiger partial charge in [-0.2, -0.15) is 0 Å². The maximum Gasteiger partial charge on any atom is 0.275 e. The molecular formula is C18H13Cl2N3O3S. The Morgan fingerprint density at radius 1 is 1.00 bits per heavy atom. The normalized spacial score (nSPS) is 10.3. The zero-order chi connectivity index (χ0) is 19.4. The summed E-state index contributed by atoms with van der Waals surface area (Å²) in [5.41, 5.74) is 1.12. The second-order valence-electron chi connectivity index (χ2n) is 5.30. The van der Waals surface area contributed by atoms with E-state index in [0.29, 0.717) is 32.2 Å². The fourth-order valence-electron chi connectivity index (χ4n) is 2.12. The first-order chi connectivity index (χ1) is 13.0. The Balaban J connectivity index is 1.65. The molecule has 0 saturated carbocycles. The van der Waals surface area contributed by atoms with E-state index in [1.807, 2.05) is 0 Å². The summed E-state index contributed by atoms with van der Waals surface area (Å²) in [5.74, 6) is -0.0971. The molecule has 0 atom stereocenters. The lowest BCUT2D eigenvalue weighted by Crippen LogP contribution is -2.14. The van der Waals surface area contributed by atoms with Gasteiger partial charge in [-0.15, -0.1) is 11.3 Å². The molecule has 0 aliphatic heterocycles. The third-order valence-corrected chi connectivity index (χ3v) is 4.98.